The zero-order valence-electron chi connectivity index (χ0n) is 23.4. The molecule has 0 heterocycles. The molecule has 0 aliphatic rings. The number of Topliss-reactive ketones (excluding diaryl/α,β-unsaturated/α-hetero) is 1. The molecular formula is C33H39FN2O3. The van der Waals surface area contributed by atoms with Gasteiger partial charge in [0.1, 0.15) is 5.82 Å². The number of ether oxygens (including phenoxy) is 1. The Labute approximate surface area is 231 Å². The fourth-order valence-corrected chi connectivity index (χ4v) is 4.60. The molecule has 0 saturated carbocycles. The van der Waals surface area contributed by atoms with Crippen molar-refractivity contribution in [3.05, 3.63) is 93.6 Å². The molecule has 3 aromatic carbocycles. The molecule has 1 N–H and O–H groups in total. The maximum atomic E-state index is 13.2. The predicted octanol–water partition coefficient (Wildman–Crippen LogP) is 4.95. The molecule has 0 radical (unpaired) electrons. The summed E-state index contributed by atoms with van der Waals surface area (Å²) in [7, 11) is 3.61. The number of benzene rings is 3. The molecule has 1 unspecified atom stereocenters. The molecule has 1 amide bonds. The average molecular weight is 531 g/mol. The van der Waals surface area contributed by atoms with E-state index in [9.17, 15) is 14.0 Å². The van der Waals surface area contributed by atoms with E-state index in [1.165, 1.54) is 12.1 Å². The zero-order valence-corrected chi connectivity index (χ0v) is 23.4. The minimum Gasteiger partial charge on any atom is -0.383 e. The molecule has 3 aromatic rings. The van der Waals surface area contributed by atoms with Crippen molar-refractivity contribution >= 4 is 24.5 Å². The van der Waals surface area contributed by atoms with Gasteiger partial charge in [-0.15, -0.1) is 0 Å². The first-order valence-electron chi connectivity index (χ1n) is 13.4. The smallest absolute Gasteiger partial charge is 0.251 e. The quantitative estimate of drug-likeness (QED) is 0.251. The largest absolute Gasteiger partial charge is 0.383 e. The van der Waals surface area contributed by atoms with Gasteiger partial charge in [-0.05, 0) is 64.6 Å². The van der Waals surface area contributed by atoms with E-state index in [0.717, 1.165) is 46.5 Å². The first-order chi connectivity index (χ1) is 18.7. The Bertz CT molecular complexity index is 1370. The van der Waals surface area contributed by atoms with Crippen LogP contribution in [0.4, 0.5) is 4.39 Å². The van der Waals surface area contributed by atoms with Crippen molar-refractivity contribution in [3.8, 4) is 11.1 Å². The fraction of sp³-hybridized carbons (Fsp3) is 0.333. The van der Waals surface area contributed by atoms with Crippen LogP contribution < -0.4 is 15.8 Å². The Morgan fingerprint density at radius 1 is 1.08 bits per heavy atom. The van der Waals surface area contributed by atoms with Crippen LogP contribution in [0, 0.1) is 18.7 Å². The zero-order chi connectivity index (χ0) is 28.4. The van der Waals surface area contributed by atoms with Crippen molar-refractivity contribution in [3.63, 3.8) is 0 Å². The van der Waals surface area contributed by atoms with Crippen LogP contribution in [0.5, 0.6) is 0 Å². The SMILES string of the molecule is C=c1cc(C)c(C(=O)NCCOC)c/c1=C/N(C)CC(CC)CCC(=O)c1ccc(-c2ccc(F)cc2)cc1. The summed E-state index contributed by atoms with van der Waals surface area (Å²) in [6.45, 7) is 9.91. The standard InChI is InChI=1S/C33H39FN2O3/c1-6-25(7-16-32(37)28-10-8-26(9-11-28)27-12-14-30(34)15-13-27)21-36(4)22-29-20-31(24(3)19-23(29)2)33(38)35-17-18-39-5/h8-15,19-20,22,25H,2,6-7,16-18,21H2,1,3-5H3,(H,35,38)/b29-22-. The van der Waals surface area contributed by atoms with E-state index >= 15 is 0 Å². The van der Waals surface area contributed by atoms with Gasteiger partial charge in [0.15, 0.2) is 5.78 Å². The fourth-order valence-electron chi connectivity index (χ4n) is 4.60. The normalized spacial score (nSPS) is 12.3. The second-order valence-electron chi connectivity index (χ2n) is 10.0. The van der Waals surface area contributed by atoms with Crippen LogP contribution in [-0.2, 0) is 4.74 Å². The van der Waals surface area contributed by atoms with Crippen molar-refractivity contribution in [2.45, 2.75) is 33.1 Å². The third kappa shape index (κ3) is 8.62. The summed E-state index contributed by atoms with van der Waals surface area (Å²) in [4.78, 5) is 27.6. The number of methoxy groups -OCH3 is 1. The van der Waals surface area contributed by atoms with E-state index in [-0.39, 0.29) is 17.5 Å². The minimum atomic E-state index is -0.268. The molecule has 0 fully saturated rings. The molecule has 1 atom stereocenters. The maximum Gasteiger partial charge on any atom is 0.251 e. The molecule has 3 rings (SSSR count). The summed E-state index contributed by atoms with van der Waals surface area (Å²) >= 11 is 0. The Hall–Kier alpha value is -3.77. The lowest BCUT2D eigenvalue weighted by Gasteiger charge is -2.22. The van der Waals surface area contributed by atoms with E-state index in [0.29, 0.717) is 36.6 Å². The Morgan fingerprint density at radius 2 is 1.72 bits per heavy atom. The van der Waals surface area contributed by atoms with Gasteiger partial charge < -0.3 is 15.0 Å². The molecule has 0 aromatic heterocycles. The van der Waals surface area contributed by atoms with Crippen LogP contribution in [0.15, 0.2) is 60.7 Å². The van der Waals surface area contributed by atoms with Crippen molar-refractivity contribution in [1.82, 2.24) is 10.2 Å². The van der Waals surface area contributed by atoms with E-state index in [1.807, 2.05) is 56.6 Å². The molecule has 0 spiro atoms. The van der Waals surface area contributed by atoms with Gasteiger partial charge in [-0.3, -0.25) is 9.59 Å². The molecule has 5 nitrogen and oxygen atoms in total. The number of rotatable bonds is 13. The lowest BCUT2D eigenvalue weighted by atomic mass is 9.95. The van der Waals surface area contributed by atoms with Gasteiger partial charge in [0, 0.05) is 51.0 Å². The number of carbonyl (C=O) groups is 2. The molecule has 0 saturated heterocycles. The highest BCUT2D eigenvalue weighted by molar-refractivity contribution is 5.96. The van der Waals surface area contributed by atoms with Gasteiger partial charge >= 0.3 is 0 Å². The number of ketones is 1. The third-order valence-electron chi connectivity index (χ3n) is 6.97. The summed E-state index contributed by atoms with van der Waals surface area (Å²) in [5.41, 5.74) is 4.06. The molecule has 0 aliphatic carbocycles. The number of halogens is 1. The van der Waals surface area contributed by atoms with E-state index in [1.54, 1.807) is 19.2 Å². The Kier molecular flexibility index (Phi) is 11.0. The third-order valence-corrected chi connectivity index (χ3v) is 6.97. The molecule has 206 valence electrons. The minimum absolute atomic E-state index is 0.119. The summed E-state index contributed by atoms with van der Waals surface area (Å²) in [5.74, 6) is 0.0611. The number of nitrogens with zero attached hydrogens (tertiary/aromatic N) is 1. The number of carbonyl (C=O) groups excluding carboxylic acids is 2. The predicted molar refractivity (Wildman–Crippen MR) is 156 cm³/mol. The van der Waals surface area contributed by atoms with Crippen LogP contribution in [0.2, 0.25) is 0 Å². The lowest BCUT2D eigenvalue weighted by Crippen LogP contribution is -2.33. The summed E-state index contributed by atoms with van der Waals surface area (Å²) < 4.78 is 18.2. The topological polar surface area (TPSA) is 58.6 Å². The van der Waals surface area contributed by atoms with E-state index in [2.05, 4.69) is 23.7 Å². The Balaban J connectivity index is 1.61. The monoisotopic (exact) mass is 530 g/mol. The maximum absolute atomic E-state index is 13.2. The number of hydrogen-bond donors (Lipinski definition) is 1. The van der Waals surface area contributed by atoms with Crippen LogP contribution in [0.1, 0.15) is 52.5 Å². The summed E-state index contributed by atoms with van der Waals surface area (Å²) in [6, 6.07) is 17.7. The van der Waals surface area contributed by atoms with E-state index in [4.69, 9.17) is 4.74 Å². The molecular weight excluding hydrogens is 491 g/mol. The second-order valence-corrected chi connectivity index (χ2v) is 10.0. The van der Waals surface area contributed by atoms with Crippen molar-refractivity contribution in [2.75, 3.05) is 33.9 Å². The molecule has 0 aliphatic heterocycles. The highest BCUT2D eigenvalue weighted by atomic mass is 19.1. The average Bonchev–Trinajstić information content (AvgIpc) is 2.93. The first kappa shape index (κ1) is 29.8. The van der Waals surface area contributed by atoms with Gasteiger partial charge in [0.2, 0.25) is 0 Å². The number of nitrogens with one attached hydrogen (secondary N) is 1. The van der Waals surface area contributed by atoms with Crippen LogP contribution in [0.25, 0.3) is 23.9 Å². The van der Waals surface area contributed by atoms with Gasteiger partial charge in [0.05, 0.1) is 6.61 Å². The second kappa shape index (κ2) is 14.4. The molecule has 0 bridgehead atoms. The first-order valence-corrected chi connectivity index (χ1v) is 13.4. The number of hydrogen-bond acceptors (Lipinski definition) is 4. The highest BCUT2D eigenvalue weighted by Gasteiger charge is 2.14. The number of aryl methyl sites for hydroxylation is 1. The van der Waals surface area contributed by atoms with Crippen molar-refractivity contribution in [2.24, 2.45) is 5.92 Å². The number of amides is 1. The van der Waals surface area contributed by atoms with Gasteiger partial charge in [-0.2, -0.15) is 0 Å². The van der Waals surface area contributed by atoms with Crippen molar-refractivity contribution < 1.29 is 18.7 Å². The highest BCUT2D eigenvalue weighted by Crippen LogP contribution is 2.22. The van der Waals surface area contributed by atoms with E-state index < -0.39 is 0 Å². The van der Waals surface area contributed by atoms with Crippen molar-refractivity contribution in [1.29, 1.82) is 0 Å². The van der Waals surface area contributed by atoms with Crippen LogP contribution in [0.3, 0.4) is 0 Å². The van der Waals surface area contributed by atoms with Gasteiger partial charge in [0.25, 0.3) is 5.91 Å². The molecule has 6 heteroatoms. The lowest BCUT2D eigenvalue weighted by molar-refractivity contribution is 0.0935. The van der Waals surface area contributed by atoms with Crippen LogP contribution >= 0.6 is 0 Å². The van der Waals surface area contributed by atoms with Gasteiger partial charge in [-0.1, -0.05) is 62.4 Å². The van der Waals surface area contributed by atoms with Crippen LogP contribution in [-0.4, -0.2) is 50.4 Å². The summed E-state index contributed by atoms with van der Waals surface area (Å²) in [5, 5.41) is 4.64. The van der Waals surface area contributed by atoms with Gasteiger partial charge in [-0.25, -0.2) is 4.39 Å². The molecule has 39 heavy (non-hydrogen) atoms. The summed E-state index contributed by atoms with van der Waals surface area (Å²) in [6.07, 6.45) is 4.23. The Morgan fingerprint density at radius 3 is 2.33 bits per heavy atom.